The van der Waals surface area contributed by atoms with E-state index in [1.54, 1.807) is 17.0 Å². The van der Waals surface area contributed by atoms with Crippen molar-refractivity contribution in [3.63, 3.8) is 0 Å². The second kappa shape index (κ2) is 16.8. The van der Waals surface area contributed by atoms with Gasteiger partial charge in [0.05, 0.1) is 19.3 Å². The first kappa shape index (κ1) is 31.3. The Kier molecular flexibility index (Phi) is 13.2. The number of nitrogens with one attached hydrogen (secondary N) is 1. The number of rotatable bonds is 18. The van der Waals surface area contributed by atoms with E-state index >= 15 is 0 Å². The Morgan fingerprint density at radius 1 is 1.02 bits per heavy atom. The molecule has 2 amide bonds. The Balaban J connectivity index is 1.17. The fourth-order valence-corrected chi connectivity index (χ4v) is 4.61. The average molecular weight is 558 g/mol. The number of aliphatic hydroxyl groups is 2. The molecule has 1 aliphatic heterocycles. The van der Waals surface area contributed by atoms with Gasteiger partial charge in [-0.05, 0) is 74.0 Å². The number of aliphatic hydroxyl groups excluding tert-OH is 2. The molecule has 1 heterocycles. The van der Waals surface area contributed by atoms with E-state index < -0.39 is 12.1 Å². The molecule has 220 valence electrons. The second-order valence-corrected chi connectivity index (χ2v) is 10.0. The summed E-state index contributed by atoms with van der Waals surface area (Å²) >= 11 is 0. The van der Waals surface area contributed by atoms with Gasteiger partial charge in [-0.3, -0.25) is 9.69 Å². The zero-order chi connectivity index (χ0) is 28.7. The maximum atomic E-state index is 12.5. The molecular formula is C30H43N3O7. The summed E-state index contributed by atoms with van der Waals surface area (Å²) in [5.74, 6) is -0.468. The number of phenols is 1. The molecule has 2 aromatic rings. The monoisotopic (exact) mass is 557 g/mol. The first-order valence-electron chi connectivity index (χ1n) is 14.1. The van der Waals surface area contributed by atoms with Crippen LogP contribution >= 0.6 is 0 Å². The zero-order valence-electron chi connectivity index (χ0n) is 23.4. The fourth-order valence-electron chi connectivity index (χ4n) is 4.61. The fraction of sp³-hybridized carbons (Fsp3) is 0.533. The van der Waals surface area contributed by atoms with Gasteiger partial charge in [-0.1, -0.05) is 31.0 Å². The van der Waals surface area contributed by atoms with Gasteiger partial charge in [0.25, 0.3) is 0 Å². The maximum Gasteiger partial charge on any atom is 0.357 e. The summed E-state index contributed by atoms with van der Waals surface area (Å²) in [5.41, 5.74) is 3.06. The number of urea groups is 1. The molecule has 0 aromatic heterocycles. The van der Waals surface area contributed by atoms with Gasteiger partial charge in [0.2, 0.25) is 0 Å². The van der Waals surface area contributed by atoms with Crippen LogP contribution in [0.1, 0.15) is 68.2 Å². The van der Waals surface area contributed by atoms with Crippen molar-refractivity contribution < 1.29 is 34.5 Å². The lowest BCUT2D eigenvalue weighted by atomic mass is 10.1. The molecular weight excluding hydrogens is 514 g/mol. The third-order valence-corrected chi connectivity index (χ3v) is 6.82. The SMILES string of the molecule is CC(=O)ON1CCN(c2cccc(CCCCOCCCCCCNC[C@H](O)c3ccc(O)c(CO)c3)c2)C1=O. The Hall–Kier alpha value is -3.18. The Morgan fingerprint density at radius 3 is 2.58 bits per heavy atom. The highest BCUT2D eigenvalue weighted by molar-refractivity contribution is 5.94. The van der Waals surface area contributed by atoms with Crippen LogP contribution in [0.2, 0.25) is 0 Å². The number of ether oxygens (including phenoxy) is 1. The number of aromatic hydroxyl groups is 1. The van der Waals surface area contributed by atoms with Gasteiger partial charge in [0.1, 0.15) is 5.75 Å². The van der Waals surface area contributed by atoms with E-state index in [-0.39, 0.29) is 18.4 Å². The standard InChI is InChI=1S/C30H43N3O7/c1-23(35)40-33-16-15-32(30(33)38)27-11-8-10-24(19-27)9-4-7-18-39-17-6-3-2-5-14-31-21-29(37)25-12-13-28(36)26(20-25)22-34/h8,10-13,19-20,29,31,34,36-37H,2-7,9,14-18,21-22H2,1H3/t29-/m0/s1. The van der Waals surface area contributed by atoms with Crippen LogP contribution in [0.4, 0.5) is 10.5 Å². The number of amides is 2. The summed E-state index contributed by atoms with van der Waals surface area (Å²) in [6.07, 6.45) is 6.43. The summed E-state index contributed by atoms with van der Waals surface area (Å²) < 4.78 is 5.79. The summed E-state index contributed by atoms with van der Waals surface area (Å²) in [7, 11) is 0. The van der Waals surface area contributed by atoms with Crippen molar-refractivity contribution in [2.24, 2.45) is 0 Å². The molecule has 0 spiro atoms. The van der Waals surface area contributed by atoms with Gasteiger partial charge in [-0.15, -0.1) is 0 Å². The Morgan fingerprint density at radius 2 is 1.80 bits per heavy atom. The topological polar surface area (TPSA) is 132 Å². The lowest BCUT2D eigenvalue weighted by Gasteiger charge is -2.18. The Labute approximate surface area is 236 Å². The largest absolute Gasteiger partial charge is 0.508 e. The molecule has 40 heavy (non-hydrogen) atoms. The normalized spacial score (nSPS) is 14.1. The number of hydrogen-bond donors (Lipinski definition) is 4. The van der Waals surface area contributed by atoms with Crippen LogP contribution in [-0.2, 0) is 27.4 Å². The lowest BCUT2D eigenvalue weighted by molar-refractivity contribution is -0.170. The third-order valence-electron chi connectivity index (χ3n) is 6.82. The summed E-state index contributed by atoms with van der Waals surface area (Å²) in [4.78, 5) is 30.2. The molecule has 10 nitrogen and oxygen atoms in total. The van der Waals surface area contributed by atoms with Gasteiger partial charge < -0.3 is 30.2 Å². The second-order valence-electron chi connectivity index (χ2n) is 10.0. The van der Waals surface area contributed by atoms with Crippen LogP contribution in [0.3, 0.4) is 0 Å². The van der Waals surface area contributed by atoms with Gasteiger partial charge in [0, 0.05) is 44.5 Å². The third kappa shape index (κ3) is 10.1. The van der Waals surface area contributed by atoms with E-state index in [0.29, 0.717) is 30.8 Å². The van der Waals surface area contributed by atoms with Crippen molar-refractivity contribution in [1.82, 2.24) is 10.4 Å². The van der Waals surface area contributed by atoms with Crippen molar-refractivity contribution in [3.8, 4) is 5.75 Å². The minimum atomic E-state index is -0.683. The molecule has 3 rings (SSSR count). The van der Waals surface area contributed by atoms with E-state index in [2.05, 4.69) is 11.4 Å². The van der Waals surface area contributed by atoms with E-state index in [4.69, 9.17) is 9.57 Å². The number of nitrogens with zero attached hydrogens (tertiary/aromatic N) is 2. The zero-order valence-corrected chi connectivity index (χ0v) is 23.4. The van der Waals surface area contributed by atoms with Gasteiger partial charge in [-0.25, -0.2) is 4.79 Å². The quantitative estimate of drug-likeness (QED) is 0.203. The molecule has 1 aliphatic rings. The van der Waals surface area contributed by atoms with Crippen LogP contribution < -0.4 is 10.2 Å². The van der Waals surface area contributed by atoms with Crippen molar-refractivity contribution >= 4 is 17.7 Å². The Bertz CT molecular complexity index is 1080. The number of hydroxylamine groups is 2. The molecule has 1 saturated heterocycles. The number of hydrogen-bond acceptors (Lipinski definition) is 8. The number of aryl methyl sites for hydroxylation is 1. The minimum absolute atomic E-state index is 0.0334. The minimum Gasteiger partial charge on any atom is -0.508 e. The summed E-state index contributed by atoms with van der Waals surface area (Å²) in [6.45, 7) is 4.60. The molecule has 1 atom stereocenters. The van der Waals surface area contributed by atoms with Crippen molar-refractivity contribution in [2.45, 2.75) is 64.6 Å². The first-order valence-corrected chi connectivity index (χ1v) is 14.1. The molecule has 2 aromatic carbocycles. The van der Waals surface area contributed by atoms with Crippen LogP contribution in [0.15, 0.2) is 42.5 Å². The smallest absolute Gasteiger partial charge is 0.357 e. The number of anilines is 1. The van der Waals surface area contributed by atoms with Crippen molar-refractivity contribution in [1.29, 1.82) is 0 Å². The number of benzene rings is 2. The maximum absolute atomic E-state index is 12.5. The predicted octanol–water partition coefficient (Wildman–Crippen LogP) is 3.83. The van der Waals surface area contributed by atoms with Gasteiger partial charge in [-0.2, -0.15) is 5.06 Å². The van der Waals surface area contributed by atoms with Crippen LogP contribution in [0, 0.1) is 0 Å². The summed E-state index contributed by atoms with van der Waals surface area (Å²) in [5, 5.41) is 33.5. The lowest BCUT2D eigenvalue weighted by Crippen LogP contribution is -2.33. The molecule has 4 N–H and O–H groups in total. The number of carbonyl (C=O) groups is 2. The molecule has 0 aliphatic carbocycles. The molecule has 10 heteroatoms. The molecule has 0 bridgehead atoms. The van der Waals surface area contributed by atoms with Gasteiger partial charge in [0.15, 0.2) is 0 Å². The van der Waals surface area contributed by atoms with E-state index in [1.165, 1.54) is 13.0 Å². The van der Waals surface area contributed by atoms with E-state index in [0.717, 1.165) is 81.0 Å². The molecule has 0 saturated carbocycles. The number of carbonyl (C=O) groups excluding carboxylic acids is 2. The van der Waals surface area contributed by atoms with Crippen LogP contribution in [-0.4, -0.2) is 71.8 Å². The van der Waals surface area contributed by atoms with Crippen LogP contribution in [0.5, 0.6) is 5.75 Å². The highest BCUT2D eigenvalue weighted by Crippen LogP contribution is 2.23. The highest BCUT2D eigenvalue weighted by atomic mass is 16.7. The van der Waals surface area contributed by atoms with Crippen molar-refractivity contribution in [2.75, 3.05) is 44.3 Å². The highest BCUT2D eigenvalue weighted by Gasteiger charge is 2.32. The first-order chi connectivity index (χ1) is 19.4. The van der Waals surface area contributed by atoms with E-state index in [1.807, 2.05) is 18.2 Å². The van der Waals surface area contributed by atoms with Crippen LogP contribution in [0.25, 0.3) is 0 Å². The average Bonchev–Trinajstić information content (AvgIpc) is 3.30. The number of unbranched alkanes of at least 4 members (excludes halogenated alkanes) is 4. The van der Waals surface area contributed by atoms with E-state index in [9.17, 15) is 24.9 Å². The molecule has 0 unspecified atom stereocenters. The predicted molar refractivity (Wildman–Crippen MR) is 152 cm³/mol. The molecule has 0 radical (unpaired) electrons. The van der Waals surface area contributed by atoms with Gasteiger partial charge >= 0.3 is 12.0 Å². The molecule has 1 fully saturated rings. The van der Waals surface area contributed by atoms with Crippen molar-refractivity contribution in [3.05, 3.63) is 59.2 Å². The summed E-state index contributed by atoms with van der Waals surface area (Å²) in [6, 6.07) is 12.4.